The van der Waals surface area contributed by atoms with Crippen molar-refractivity contribution in [1.82, 2.24) is 14.6 Å². The number of carbonyl (C=O) groups excluding carboxylic acids is 2. The van der Waals surface area contributed by atoms with Crippen molar-refractivity contribution < 1.29 is 14.0 Å². The van der Waals surface area contributed by atoms with Gasteiger partial charge in [-0.25, -0.2) is 13.9 Å². The molecule has 166 valence electrons. The fourth-order valence-corrected chi connectivity index (χ4v) is 3.95. The molecule has 2 N–H and O–H groups in total. The van der Waals surface area contributed by atoms with Gasteiger partial charge >= 0.3 is 0 Å². The van der Waals surface area contributed by atoms with Gasteiger partial charge in [0.05, 0.1) is 11.9 Å². The number of benzene rings is 2. The number of nitrogens with one attached hydrogen (secondary N) is 2. The summed E-state index contributed by atoms with van der Waals surface area (Å²) in [6.07, 6.45) is 6.30. The number of carbonyl (C=O) groups is 2. The summed E-state index contributed by atoms with van der Waals surface area (Å²) >= 11 is 0. The topological polar surface area (TPSA) is 91.6 Å². The van der Waals surface area contributed by atoms with Crippen molar-refractivity contribution in [3.05, 3.63) is 79.0 Å². The molecule has 5 rings (SSSR count). The molecule has 2 aromatic heterocycles. The molecule has 9 heteroatoms. The lowest BCUT2D eigenvalue weighted by Gasteiger charge is -2.31. The zero-order chi connectivity index (χ0) is 22.8. The Morgan fingerprint density at radius 2 is 1.76 bits per heavy atom. The maximum atomic E-state index is 13.2. The third-order valence-corrected chi connectivity index (χ3v) is 5.62. The molecule has 3 heterocycles. The van der Waals surface area contributed by atoms with E-state index in [1.807, 2.05) is 18.2 Å². The molecule has 1 unspecified atom stereocenters. The van der Waals surface area contributed by atoms with Crippen LogP contribution in [0.25, 0.3) is 5.65 Å². The number of imidazole rings is 1. The van der Waals surface area contributed by atoms with Gasteiger partial charge in [-0.3, -0.25) is 9.59 Å². The molecule has 2 amide bonds. The Hall–Kier alpha value is -4.27. The molecule has 0 radical (unpaired) electrons. The van der Waals surface area contributed by atoms with Crippen molar-refractivity contribution in [2.45, 2.75) is 12.8 Å². The predicted molar refractivity (Wildman–Crippen MR) is 123 cm³/mol. The van der Waals surface area contributed by atoms with Crippen molar-refractivity contribution in [3.8, 4) is 0 Å². The summed E-state index contributed by atoms with van der Waals surface area (Å²) in [5, 5.41) is 10.3. The van der Waals surface area contributed by atoms with Gasteiger partial charge in [-0.2, -0.15) is 5.10 Å². The number of hydrogen-bond donors (Lipinski definition) is 2. The Labute approximate surface area is 189 Å². The van der Waals surface area contributed by atoms with Gasteiger partial charge in [-0.15, -0.1) is 0 Å². The van der Waals surface area contributed by atoms with E-state index in [9.17, 15) is 14.0 Å². The smallest absolute Gasteiger partial charge is 0.239 e. The van der Waals surface area contributed by atoms with Crippen LogP contribution in [0.2, 0.25) is 0 Å². The largest absolute Gasteiger partial charge is 0.352 e. The number of aromatic nitrogens is 3. The molecule has 8 nitrogen and oxygen atoms in total. The third kappa shape index (κ3) is 4.25. The zero-order valence-corrected chi connectivity index (χ0v) is 17.6. The Morgan fingerprint density at radius 1 is 1.00 bits per heavy atom. The second kappa shape index (κ2) is 8.70. The molecular formula is C24H21FN6O2. The number of nitrogens with zero attached hydrogens (tertiary/aromatic N) is 4. The number of anilines is 4. The van der Waals surface area contributed by atoms with E-state index < -0.39 is 5.92 Å². The van der Waals surface area contributed by atoms with Crippen molar-refractivity contribution in [2.75, 3.05) is 22.1 Å². The predicted octanol–water partition coefficient (Wildman–Crippen LogP) is 3.99. The van der Waals surface area contributed by atoms with Crippen molar-refractivity contribution in [2.24, 2.45) is 5.92 Å². The van der Waals surface area contributed by atoms with E-state index in [0.29, 0.717) is 36.4 Å². The Balaban J connectivity index is 1.25. The monoisotopic (exact) mass is 444 g/mol. The van der Waals surface area contributed by atoms with E-state index in [1.54, 1.807) is 52.3 Å². The molecule has 0 aliphatic carbocycles. The highest BCUT2D eigenvalue weighted by Crippen LogP contribution is 2.26. The average Bonchev–Trinajstić information content (AvgIpc) is 3.31. The fraction of sp³-hybridized carbons (Fsp3) is 0.167. The minimum Gasteiger partial charge on any atom is -0.352 e. The summed E-state index contributed by atoms with van der Waals surface area (Å²) in [4.78, 5) is 31.6. The maximum absolute atomic E-state index is 13.2. The highest BCUT2D eigenvalue weighted by atomic mass is 19.1. The molecule has 0 saturated carbocycles. The van der Waals surface area contributed by atoms with E-state index in [1.165, 1.54) is 12.1 Å². The highest BCUT2D eigenvalue weighted by Gasteiger charge is 2.34. The van der Waals surface area contributed by atoms with Crippen LogP contribution < -0.4 is 15.5 Å². The number of hydrogen-bond acceptors (Lipinski definition) is 5. The average molecular weight is 444 g/mol. The lowest BCUT2D eigenvalue weighted by molar-refractivity contribution is -0.132. The minimum atomic E-state index is -0.785. The number of piperidine rings is 1. The van der Waals surface area contributed by atoms with Crippen LogP contribution in [0.15, 0.2) is 73.2 Å². The molecule has 1 aliphatic rings. The molecule has 2 aromatic carbocycles. The first-order valence-electron chi connectivity index (χ1n) is 10.6. The lowest BCUT2D eigenvalue weighted by atomic mass is 9.95. The summed E-state index contributed by atoms with van der Waals surface area (Å²) in [5.41, 5.74) is 3.52. The Morgan fingerprint density at radius 3 is 2.55 bits per heavy atom. The first kappa shape index (κ1) is 20.6. The van der Waals surface area contributed by atoms with Crippen molar-refractivity contribution in [3.63, 3.8) is 0 Å². The number of rotatable bonds is 5. The van der Waals surface area contributed by atoms with Crippen LogP contribution in [0.1, 0.15) is 12.8 Å². The first-order valence-corrected chi connectivity index (χ1v) is 10.6. The minimum absolute atomic E-state index is 0.273. The summed E-state index contributed by atoms with van der Waals surface area (Å²) < 4.78 is 14.9. The summed E-state index contributed by atoms with van der Waals surface area (Å²) in [7, 11) is 0. The van der Waals surface area contributed by atoms with Gasteiger partial charge < -0.3 is 15.5 Å². The third-order valence-electron chi connectivity index (χ3n) is 5.62. The number of halogens is 1. The van der Waals surface area contributed by atoms with E-state index in [0.717, 1.165) is 11.4 Å². The molecule has 1 saturated heterocycles. The lowest BCUT2D eigenvalue weighted by Crippen LogP contribution is -2.46. The van der Waals surface area contributed by atoms with Gasteiger partial charge in [0.15, 0.2) is 5.65 Å². The molecule has 4 aromatic rings. The number of fused-ring (bicyclic) bond motifs is 1. The van der Waals surface area contributed by atoms with Crippen LogP contribution >= 0.6 is 0 Å². The maximum Gasteiger partial charge on any atom is 0.239 e. The fourth-order valence-electron chi connectivity index (χ4n) is 3.95. The molecule has 1 aliphatic heterocycles. The van der Waals surface area contributed by atoms with Crippen LogP contribution in [0.3, 0.4) is 0 Å². The van der Waals surface area contributed by atoms with Gasteiger partial charge in [0, 0.05) is 36.0 Å². The van der Waals surface area contributed by atoms with E-state index in [-0.39, 0.29) is 17.6 Å². The Bertz CT molecular complexity index is 1300. The van der Waals surface area contributed by atoms with Crippen molar-refractivity contribution >= 4 is 40.2 Å². The van der Waals surface area contributed by atoms with Gasteiger partial charge in [0.2, 0.25) is 11.8 Å². The van der Waals surface area contributed by atoms with Crippen LogP contribution in [-0.2, 0) is 9.59 Å². The Kier molecular flexibility index (Phi) is 5.43. The SMILES string of the molecule is O=C(Nc1ccc(Nc2ccnn3ccnc23)cc1)C1CCCN(c2ccc(F)cc2)C1=O. The molecule has 1 fully saturated rings. The van der Waals surface area contributed by atoms with E-state index in [2.05, 4.69) is 20.7 Å². The standard InChI is InChI=1S/C24H21FN6O2/c25-16-3-9-19(10-4-16)30-14-1-2-20(24(30)33)23(32)29-18-7-5-17(6-8-18)28-21-11-12-27-31-15-13-26-22(21)31/h3-13,15,20,28H,1-2,14H2,(H,29,32). The second-order valence-corrected chi connectivity index (χ2v) is 7.79. The van der Waals surface area contributed by atoms with Crippen LogP contribution in [0, 0.1) is 11.7 Å². The highest BCUT2D eigenvalue weighted by molar-refractivity contribution is 6.12. The summed E-state index contributed by atoms with van der Waals surface area (Å²) in [6, 6.07) is 14.8. The van der Waals surface area contributed by atoms with Gasteiger partial charge in [0.25, 0.3) is 0 Å². The molecule has 0 bridgehead atoms. The summed E-state index contributed by atoms with van der Waals surface area (Å²) in [5.74, 6) is -1.77. The molecule has 0 spiro atoms. The molecule has 1 atom stereocenters. The van der Waals surface area contributed by atoms with Crippen LogP contribution in [0.4, 0.5) is 27.1 Å². The van der Waals surface area contributed by atoms with Gasteiger partial charge in [-0.1, -0.05) is 0 Å². The van der Waals surface area contributed by atoms with E-state index >= 15 is 0 Å². The summed E-state index contributed by atoms with van der Waals surface area (Å²) in [6.45, 7) is 0.507. The molecular weight excluding hydrogens is 423 g/mol. The normalized spacial score (nSPS) is 16.1. The zero-order valence-electron chi connectivity index (χ0n) is 17.6. The quantitative estimate of drug-likeness (QED) is 0.454. The number of amides is 2. The van der Waals surface area contributed by atoms with E-state index in [4.69, 9.17) is 0 Å². The van der Waals surface area contributed by atoms with Crippen LogP contribution in [0.5, 0.6) is 0 Å². The van der Waals surface area contributed by atoms with Crippen molar-refractivity contribution in [1.29, 1.82) is 0 Å². The van der Waals surface area contributed by atoms with Crippen LogP contribution in [-0.4, -0.2) is 33.0 Å². The van der Waals surface area contributed by atoms with Gasteiger partial charge in [-0.05, 0) is 67.4 Å². The first-order chi connectivity index (χ1) is 16.1. The molecule has 33 heavy (non-hydrogen) atoms. The van der Waals surface area contributed by atoms with Gasteiger partial charge in [0.1, 0.15) is 11.7 Å². The second-order valence-electron chi connectivity index (χ2n) is 7.79.